The lowest BCUT2D eigenvalue weighted by atomic mass is 9.98. The molecule has 2 rings (SSSR count). The molecule has 2 aliphatic heterocycles. The number of ether oxygens (including phenoxy) is 1. The molecule has 0 aromatic heterocycles. The zero-order valence-corrected chi connectivity index (χ0v) is 14.3. The molecule has 2 N–H and O–H groups in total. The van der Waals surface area contributed by atoms with Crippen molar-refractivity contribution < 1.29 is 14.6 Å². The highest BCUT2D eigenvalue weighted by Gasteiger charge is 2.33. The van der Waals surface area contributed by atoms with E-state index in [1.54, 1.807) is 18.8 Å². The number of thioether (sulfide) groups is 1. The van der Waals surface area contributed by atoms with E-state index in [9.17, 15) is 9.90 Å². The Morgan fingerprint density at radius 3 is 3.05 bits per heavy atom. The highest BCUT2D eigenvalue weighted by molar-refractivity contribution is 7.99. The van der Waals surface area contributed by atoms with Crippen LogP contribution in [0.1, 0.15) is 26.2 Å². The van der Waals surface area contributed by atoms with Crippen LogP contribution >= 0.6 is 11.8 Å². The van der Waals surface area contributed by atoms with E-state index in [-0.39, 0.29) is 11.9 Å². The highest BCUT2D eigenvalue weighted by Crippen LogP contribution is 2.27. The van der Waals surface area contributed by atoms with Crippen molar-refractivity contribution in [1.29, 1.82) is 0 Å². The number of likely N-dealkylation sites (tertiary alicyclic amines) is 1. The summed E-state index contributed by atoms with van der Waals surface area (Å²) in [6, 6.07) is 0. The van der Waals surface area contributed by atoms with Crippen LogP contribution in [0.5, 0.6) is 0 Å². The van der Waals surface area contributed by atoms with Crippen LogP contribution in [0.2, 0.25) is 0 Å². The third-order valence-electron chi connectivity index (χ3n) is 4.21. The van der Waals surface area contributed by atoms with Gasteiger partial charge in [0.25, 0.3) is 0 Å². The number of aliphatic hydroxyl groups is 1. The summed E-state index contributed by atoms with van der Waals surface area (Å²) in [6.07, 6.45) is 2.63. The van der Waals surface area contributed by atoms with Gasteiger partial charge in [-0.15, -0.1) is 0 Å². The van der Waals surface area contributed by atoms with Crippen molar-refractivity contribution in [3.8, 4) is 0 Å². The maximum Gasteiger partial charge on any atom is 0.310 e. The summed E-state index contributed by atoms with van der Waals surface area (Å²) in [5, 5.41) is 13.7. The van der Waals surface area contributed by atoms with Crippen molar-refractivity contribution in [3.63, 3.8) is 0 Å². The van der Waals surface area contributed by atoms with Gasteiger partial charge in [0.15, 0.2) is 5.96 Å². The molecule has 0 radical (unpaired) electrons. The number of nitrogens with zero attached hydrogens (tertiary/aromatic N) is 2. The number of carbonyl (C=O) groups excluding carboxylic acids is 1. The molecule has 0 bridgehead atoms. The van der Waals surface area contributed by atoms with Crippen LogP contribution in [-0.4, -0.2) is 72.3 Å². The lowest BCUT2D eigenvalue weighted by Gasteiger charge is -2.35. The Balaban J connectivity index is 1.88. The van der Waals surface area contributed by atoms with Crippen molar-refractivity contribution in [2.45, 2.75) is 31.8 Å². The molecule has 22 heavy (non-hydrogen) atoms. The second-order valence-electron chi connectivity index (χ2n) is 5.96. The second kappa shape index (κ2) is 8.06. The Bertz CT molecular complexity index is 411. The number of carbonyl (C=O) groups is 1. The molecular weight excluding hydrogens is 302 g/mol. The van der Waals surface area contributed by atoms with Crippen LogP contribution in [-0.2, 0) is 9.53 Å². The topological polar surface area (TPSA) is 74.2 Å². The summed E-state index contributed by atoms with van der Waals surface area (Å²) in [6.45, 7) is 4.27. The van der Waals surface area contributed by atoms with Crippen molar-refractivity contribution in [2.24, 2.45) is 10.9 Å². The lowest BCUT2D eigenvalue weighted by molar-refractivity contribution is -0.149. The standard InChI is InChI=1S/C15H27N3O3S/c1-3-21-13(19)12-5-4-7-18(9-12)14(16-2)17-10-15(20)6-8-22-11-15/h12,20H,3-11H2,1-2H3,(H,16,17). The van der Waals surface area contributed by atoms with E-state index in [2.05, 4.69) is 15.2 Å². The van der Waals surface area contributed by atoms with E-state index >= 15 is 0 Å². The molecule has 0 aromatic rings. The van der Waals surface area contributed by atoms with Crippen molar-refractivity contribution in [2.75, 3.05) is 44.8 Å². The number of nitrogens with one attached hydrogen (secondary N) is 1. The number of guanidine groups is 1. The van der Waals surface area contributed by atoms with Crippen LogP contribution in [0.3, 0.4) is 0 Å². The van der Waals surface area contributed by atoms with Gasteiger partial charge in [-0.05, 0) is 31.9 Å². The van der Waals surface area contributed by atoms with E-state index in [1.807, 2.05) is 6.92 Å². The Labute approximate surface area is 136 Å². The number of hydrogen-bond donors (Lipinski definition) is 2. The van der Waals surface area contributed by atoms with E-state index < -0.39 is 5.60 Å². The van der Waals surface area contributed by atoms with Gasteiger partial charge in [-0.3, -0.25) is 9.79 Å². The molecule has 0 aromatic carbocycles. The monoisotopic (exact) mass is 329 g/mol. The van der Waals surface area contributed by atoms with Gasteiger partial charge in [-0.25, -0.2) is 0 Å². The summed E-state index contributed by atoms with van der Waals surface area (Å²) in [5.74, 6) is 2.33. The fourth-order valence-corrected chi connectivity index (χ4v) is 4.23. The van der Waals surface area contributed by atoms with Gasteiger partial charge in [0.1, 0.15) is 0 Å². The normalized spacial score (nSPS) is 29.5. The van der Waals surface area contributed by atoms with E-state index in [1.165, 1.54) is 0 Å². The number of piperidine rings is 1. The van der Waals surface area contributed by atoms with Crippen molar-refractivity contribution >= 4 is 23.7 Å². The molecule has 2 aliphatic rings. The molecule has 0 amide bonds. The third-order valence-corrected chi connectivity index (χ3v) is 5.44. The zero-order valence-electron chi connectivity index (χ0n) is 13.5. The first-order valence-electron chi connectivity index (χ1n) is 8.00. The SMILES string of the molecule is CCOC(=O)C1CCCN(C(=NC)NCC2(O)CCSC2)C1. The van der Waals surface area contributed by atoms with Crippen LogP contribution in [0.4, 0.5) is 0 Å². The Morgan fingerprint density at radius 1 is 1.59 bits per heavy atom. The number of esters is 1. The third kappa shape index (κ3) is 4.52. The van der Waals surface area contributed by atoms with Crippen LogP contribution < -0.4 is 5.32 Å². The van der Waals surface area contributed by atoms with Crippen LogP contribution in [0.15, 0.2) is 4.99 Å². The van der Waals surface area contributed by atoms with Gasteiger partial charge in [-0.2, -0.15) is 11.8 Å². The van der Waals surface area contributed by atoms with Gasteiger partial charge >= 0.3 is 5.97 Å². The first-order chi connectivity index (χ1) is 10.6. The molecule has 0 aliphatic carbocycles. The molecule has 2 fully saturated rings. The minimum atomic E-state index is -0.642. The fourth-order valence-electron chi connectivity index (χ4n) is 2.93. The molecule has 2 heterocycles. The summed E-state index contributed by atoms with van der Waals surface area (Å²) in [5.41, 5.74) is -0.642. The summed E-state index contributed by atoms with van der Waals surface area (Å²) in [4.78, 5) is 18.3. The molecular formula is C15H27N3O3S. The molecule has 6 nitrogen and oxygen atoms in total. The van der Waals surface area contributed by atoms with Gasteiger partial charge < -0.3 is 20.1 Å². The average Bonchev–Trinajstić information content (AvgIpc) is 2.95. The minimum Gasteiger partial charge on any atom is -0.466 e. The molecule has 0 spiro atoms. The highest BCUT2D eigenvalue weighted by atomic mass is 32.2. The molecule has 7 heteroatoms. The van der Waals surface area contributed by atoms with E-state index in [0.29, 0.717) is 19.7 Å². The summed E-state index contributed by atoms with van der Waals surface area (Å²) >= 11 is 1.78. The zero-order chi connectivity index (χ0) is 16.0. The lowest BCUT2D eigenvalue weighted by Crippen LogP contribution is -2.52. The minimum absolute atomic E-state index is 0.0858. The van der Waals surface area contributed by atoms with E-state index in [4.69, 9.17) is 4.74 Å². The number of rotatable bonds is 4. The maximum atomic E-state index is 11.9. The summed E-state index contributed by atoms with van der Waals surface area (Å²) < 4.78 is 5.13. The quantitative estimate of drug-likeness (QED) is 0.449. The Hall–Kier alpha value is -0.950. The second-order valence-corrected chi connectivity index (χ2v) is 7.07. The number of hydrogen-bond acceptors (Lipinski definition) is 5. The first-order valence-corrected chi connectivity index (χ1v) is 9.16. The van der Waals surface area contributed by atoms with Gasteiger partial charge in [0.2, 0.25) is 0 Å². The van der Waals surface area contributed by atoms with Crippen LogP contribution in [0.25, 0.3) is 0 Å². The molecule has 0 saturated carbocycles. The summed E-state index contributed by atoms with van der Waals surface area (Å²) in [7, 11) is 1.74. The first kappa shape index (κ1) is 17.4. The largest absolute Gasteiger partial charge is 0.466 e. The van der Waals surface area contributed by atoms with E-state index in [0.717, 1.165) is 43.3 Å². The van der Waals surface area contributed by atoms with Crippen LogP contribution in [0, 0.1) is 5.92 Å². The Kier molecular flexibility index (Phi) is 6.37. The van der Waals surface area contributed by atoms with Crippen molar-refractivity contribution in [1.82, 2.24) is 10.2 Å². The smallest absolute Gasteiger partial charge is 0.310 e. The number of aliphatic imine (C=N–C) groups is 1. The predicted octanol–water partition coefficient (Wildman–Crippen LogP) is 0.705. The predicted molar refractivity (Wildman–Crippen MR) is 89.2 cm³/mol. The van der Waals surface area contributed by atoms with Gasteiger partial charge in [0, 0.05) is 32.4 Å². The average molecular weight is 329 g/mol. The maximum absolute atomic E-state index is 11.9. The molecule has 2 saturated heterocycles. The van der Waals surface area contributed by atoms with Gasteiger partial charge in [-0.1, -0.05) is 0 Å². The van der Waals surface area contributed by atoms with Crippen molar-refractivity contribution in [3.05, 3.63) is 0 Å². The molecule has 126 valence electrons. The molecule has 2 atom stereocenters. The Morgan fingerprint density at radius 2 is 2.41 bits per heavy atom. The fraction of sp³-hybridized carbons (Fsp3) is 0.867. The van der Waals surface area contributed by atoms with Gasteiger partial charge in [0.05, 0.1) is 18.1 Å². The molecule has 2 unspecified atom stereocenters.